The van der Waals surface area contributed by atoms with E-state index in [-0.39, 0.29) is 705 Å². The molecule has 0 aromatic carbocycles. The van der Waals surface area contributed by atoms with Gasteiger partial charge in [-0.2, -0.15) is 0 Å². The molecule has 0 aromatic rings. The van der Waals surface area contributed by atoms with Gasteiger partial charge in [-0.15, -0.1) is 0 Å². The van der Waals surface area contributed by atoms with Gasteiger partial charge in [-0.1, -0.05) is 183 Å². The van der Waals surface area contributed by atoms with E-state index in [0.717, 1.165) is 118 Å². The van der Waals surface area contributed by atoms with E-state index in [1.54, 1.807) is 64.2 Å². The number of hydrogen-bond acceptors (Lipinski definition) is 3. The van der Waals surface area contributed by atoms with Crippen molar-refractivity contribution < 1.29 is 702 Å². The van der Waals surface area contributed by atoms with E-state index in [0.29, 0.717) is 35.5 Å². The summed E-state index contributed by atoms with van der Waals surface area (Å²) in [4.78, 5) is 0. The molecule has 18 rings (SSSR count). The third-order valence-electron chi connectivity index (χ3n) is 31.6. The Kier molecular flexibility index (Phi) is 112. The maximum Gasteiger partial charge on any atom is 1.00 e. The van der Waals surface area contributed by atoms with Crippen LogP contribution in [0.25, 0.3) is 0 Å². The third-order valence-corrected chi connectivity index (χ3v) is 31.6. The summed E-state index contributed by atoms with van der Waals surface area (Å²) in [5.74, 6) is 25.2. The second-order valence-electron chi connectivity index (χ2n) is 34.7. The van der Waals surface area contributed by atoms with Crippen molar-refractivity contribution in [2.45, 2.75) is 368 Å². The van der Waals surface area contributed by atoms with Crippen LogP contribution in [0.4, 0.5) is 0 Å². The summed E-state index contributed by atoms with van der Waals surface area (Å²) >= 11 is 0. The molecule has 0 heterocycles. The summed E-state index contributed by atoms with van der Waals surface area (Å²) in [7, 11) is 0. The maximum atomic E-state index is 10.3. The molecule has 0 radical (unpaired) electrons. The molecule has 18 fully saturated rings. The van der Waals surface area contributed by atoms with Crippen LogP contribution in [0.3, 0.4) is 0 Å². The van der Waals surface area contributed by atoms with Crippen LogP contribution in [0.5, 0.6) is 0 Å². The first-order chi connectivity index (χ1) is 42.8. The topological polar surface area (TPSA) is 92.2 Å². The number of aliphatic hydroxyl groups excluding tert-OH is 3. The van der Waals surface area contributed by atoms with Crippen LogP contribution < -0.4 is 0 Å². The Bertz CT molecular complexity index is 1630. The largest absolute Gasteiger partial charge is 1.00 e. The predicted molar refractivity (Wildman–Crippen MR) is 373 cm³/mol. The SMILES string of the molecule is CC.CC.CC1C2CCCCC2C2CCCCC12.CC1C2CCCCC2C2CCCCC12.O.OC1C2CCCCC2C2CCCCC12.OC1C2CCCCC2C2CCCCC12.OC1C2CCCCC2C2CCCCC12.[Ar].[Ar].[Ar].[Ar].[Ar].[Ar].[Ar].[Ar].[Ar].[Ar].[Ar].[Ar].[Ar].[Ar].[Ar].[Ar].[Ar].[Ar].[CH+]1C2CCCCC2C2CCCCC12.[H+]. The number of fused-ring (bicyclic) bond motifs is 18. The Morgan fingerprint density at radius 1 is 0.170 bits per heavy atom. The van der Waals surface area contributed by atoms with Gasteiger partial charge in [0.1, 0.15) is 11.8 Å². The van der Waals surface area contributed by atoms with Gasteiger partial charge in [0.2, 0.25) is 0 Å². The zero-order valence-corrected chi connectivity index (χ0v) is 78.2. The molecule has 24 unspecified atom stereocenters. The minimum atomic E-state index is 0. The third kappa shape index (κ3) is 40.2. The zero-order chi connectivity index (χ0) is 60.4. The molecule has 106 heavy (non-hydrogen) atoms. The molecule has 5 N–H and O–H groups in total. The number of rotatable bonds is 0. The van der Waals surface area contributed by atoms with Gasteiger partial charge in [0.15, 0.2) is 0 Å². The van der Waals surface area contributed by atoms with Crippen molar-refractivity contribution >= 4 is 0 Å². The van der Waals surface area contributed by atoms with E-state index in [1.165, 1.54) is 244 Å². The van der Waals surface area contributed by atoms with Crippen LogP contribution >= 0.6 is 0 Å². The quantitative estimate of drug-likeness (QED) is 0.211. The summed E-state index contributed by atoms with van der Waals surface area (Å²) < 4.78 is 0. The van der Waals surface area contributed by atoms with Crippen LogP contribution in [-0.2, 0) is 0 Å². The fraction of sp³-hybridized carbons (Fsp3) is 0.988. The molecule has 0 aliphatic heterocycles. The van der Waals surface area contributed by atoms with E-state index in [9.17, 15) is 15.3 Å². The number of hydrogen-bond donors (Lipinski definition) is 3. The average molecular weight is 1940 g/mol. The molecular weight excluding hydrogens is 1790 g/mol. The van der Waals surface area contributed by atoms with Crippen LogP contribution in [0.1, 0.15) is 351 Å². The fourth-order valence-corrected chi connectivity index (χ4v) is 28.2. The molecule has 18 aliphatic carbocycles. The molecule has 0 bridgehead atoms. The molecule has 22 heteroatoms. The van der Waals surface area contributed by atoms with Gasteiger partial charge in [0.05, 0.1) is 24.7 Å². The summed E-state index contributed by atoms with van der Waals surface area (Å²) in [6, 6.07) is 0. The first-order valence-electron chi connectivity index (χ1n) is 41.7. The number of aliphatic hydroxyl groups is 3. The van der Waals surface area contributed by atoms with Crippen molar-refractivity contribution in [1.82, 2.24) is 0 Å². The summed E-state index contributed by atoms with van der Waals surface area (Å²) in [5, 5.41) is 31.0. The Hall–Kier alpha value is 22.4. The van der Waals surface area contributed by atoms with E-state index >= 15 is 0 Å². The first kappa shape index (κ1) is 146. The molecule has 0 saturated heterocycles. The van der Waals surface area contributed by atoms with Gasteiger partial charge in [-0.25, -0.2) is 0 Å². The zero-order valence-electron chi connectivity index (χ0n) is 66.5. The second-order valence-corrected chi connectivity index (χ2v) is 34.7. The Labute approximate surface area is 1200 Å². The minimum absolute atomic E-state index is 0. The van der Waals surface area contributed by atoms with Crippen molar-refractivity contribution in [2.75, 3.05) is 0 Å². The minimum Gasteiger partial charge on any atom is -0.412 e. The van der Waals surface area contributed by atoms with E-state index in [4.69, 9.17) is 0 Å². The Balaban J connectivity index is -0.000000126. The Morgan fingerprint density at radius 3 is 0.425 bits per heavy atom. The van der Waals surface area contributed by atoms with Crippen LogP contribution in [0.15, 0.2) is 0 Å². The fourth-order valence-electron chi connectivity index (χ4n) is 28.2. The predicted octanol–water partition coefficient (Wildman–Crippen LogP) is 22.6. The standard InChI is InChI=1S/2C14H24.3C13H22O.C13H21.2C2H6.18Ar.H2O/c2*1-10-11-6-2-4-8-13(11)14-9-5-3-7-12(10)14;3*14-13-11-7-3-1-5-9(11)10-6-2-4-8-12(10)13;1-3-7-12-10(5-1)9-11-6-2-4-8-13(11)12;2*1-2;;;;;;;;;;;;;;;;;;;/h2*10-14H,2-9H2,1H3;3*9-14H,1-8H2;9-13H,1-8H2;2*1-2H3;;;;;;;;;;;;;;;;;;;1H2/q;;;;;+1;;;;;;;;;;;;;;;;;;;;;/p+1. The summed E-state index contributed by atoms with van der Waals surface area (Å²) in [6.07, 6.45) is 73.3. The van der Waals surface area contributed by atoms with Crippen molar-refractivity contribution in [3.8, 4) is 0 Å². The molecule has 24 atom stereocenters. The van der Waals surface area contributed by atoms with Crippen LogP contribution in [0, 0.1) is 840 Å². The monoisotopic (exact) mass is 1940 g/mol. The maximum absolute atomic E-state index is 10.3. The van der Waals surface area contributed by atoms with Gasteiger partial charge in [-0.05, 0) is 297 Å². The van der Waals surface area contributed by atoms with Crippen molar-refractivity contribution in [3.05, 3.63) is 6.42 Å². The molecular formula is C84H150Ar18O4+2. The first-order valence-corrected chi connectivity index (χ1v) is 41.7. The molecule has 0 aromatic heterocycles. The van der Waals surface area contributed by atoms with Gasteiger partial charge in [-0.3, -0.25) is 0 Å². The average Bonchev–Trinajstić information content (AvgIpc) is 1.66. The van der Waals surface area contributed by atoms with E-state index < -0.39 is 0 Å². The summed E-state index contributed by atoms with van der Waals surface area (Å²) in [6.45, 7) is 13.1. The molecule has 18 aliphatic rings. The molecule has 4 nitrogen and oxygen atoms in total. The van der Waals surface area contributed by atoms with E-state index in [2.05, 4.69) is 20.3 Å². The smallest absolute Gasteiger partial charge is 0.412 e. The van der Waals surface area contributed by atoms with Gasteiger partial charge in [0.25, 0.3) is 0 Å². The van der Waals surface area contributed by atoms with Crippen molar-refractivity contribution in [3.63, 3.8) is 0 Å². The summed E-state index contributed by atoms with van der Waals surface area (Å²) in [5.41, 5.74) is 0. The second kappa shape index (κ2) is 81.1. The normalized spacial score (nSPS) is 40.8. The molecule has 0 spiro atoms. The van der Waals surface area contributed by atoms with Crippen LogP contribution in [-0.4, -0.2) is 39.1 Å². The molecule has 652 valence electrons. The Morgan fingerprint density at radius 2 is 0.274 bits per heavy atom. The van der Waals surface area contributed by atoms with Gasteiger partial charge < -0.3 is 20.8 Å². The van der Waals surface area contributed by atoms with Gasteiger partial charge >= 0.3 is 1.43 Å². The van der Waals surface area contributed by atoms with Crippen molar-refractivity contribution in [2.24, 2.45) is 154 Å². The molecule has 18 saturated carbocycles. The van der Waals surface area contributed by atoms with E-state index in [1.807, 2.05) is 27.7 Å². The molecule has 0 amide bonds. The van der Waals surface area contributed by atoms with Crippen LogP contribution in [0.2, 0.25) is 0 Å². The van der Waals surface area contributed by atoms with Crippen molar-refractivity contribution in [1.29, 1.82) is 0 Å². The van der Waals surface area contributed by atoms with Gasteiger partial charge in [0, 0.05) is 691 Å².